The van der Waals surface area contributed by atoms with Gasteiger partial charge in [-0.25, -0.2) is 9.63 Å². The Kier molecular flexibility index (Phi) is 6.86. The summed E-state index contributed by atoms with van der Waals surface area (Å²) in [6.07, 6.45) is 1.32. The highest BCUT2D eigenvalue weighted by molar-refractivity contribution is 9.10. The monoisotopic (exact) mass is 488 g/mol. The van der Waals surface area contributed by atoms with Crippen LogP contribution in [0.1, 0.15) is 15.9 Å². The molecular formula is C21H17BrN2O5S. The van der Waals surface area contributed by atoms with E-state index in [1.807, 2.05) is 0 Å². The summed E-state index contributed by atoms with van der Waals surface area (Å²) in [5.41, 5.74) is 0.928. The van der Waals surface area contributed by atoms with Crippen molar-refractivity contribution in [2.45, 2.75) is 4.90 Å². The second-order valence-electron chi connectivity index (χ2n) is 5.98. The number of carbonyl (C=O) groups is 1. The minimum absolute atomic E-state index is 0.106. The van der Waals surface area contributed by atoms with Crippen LogP contribution < -0.4 is 14.3 Å². The van der Waals surface area contributed by atoms with Crippen LogP contribution in [-0.2, 0) is 10.0 Å². The lowest BCUT2D eigenvalue weighted by molar-refractivity contribution is 0.0729. The van der Waals surface area contributed by atoms with Crippen molar-refractivity contribution in [2.24, 2.45) is 5.10 Å². The molecule has 0 radical (unpaired) electrons. The SMILES string of the molecule is COc1cc(/C=N/NS(=O)(=O)c2ccccc2)ccc1OC(=O)c1cccc(Br)c1. The molecule has 0 bridgehead atoms. The first kappa shape index (κ1) is 21.5. The molecule has 154 valence electrons. The van der Waals surface area contributed by atoms with Gasteiger partial charge in [-0.1, -0.05) is 40.2 Å². The lowest BCUT2D eigenvalue weighted by atomic mass is 10.2. The predicted octanol–water partition coefficient (Wildman–Crippen LogP) is 3.99. The van der Waals surface area contributed by atoms with Crippen LogP contribution in [0.25, 0.3) is 0 Å². The molecule has 0 unspecified atom stereocenters. The van der Waals surface area contributed by atoms with Gasteiger partial charge in [0.2, 0.25) is 0 Å². The molecule has 1 N–H and O–H groups in total. The maximum absolute atomic E-state index is 12.3. The highest BCUT2D eigenvalue weighted by Gasteiger charge is 2.14. The molecule has 0 saturated carbocycles. The van der Waals surface area contributed by atoms with E-state index >= 15 is 0 Å². The number of nitrogens with one attached hydrogen (secondary N) is 1. The van der Waals surface area contributed by atoms with Crippen LogP contribution in [0, 0.1) is 0 Å². The third kappa shape index (κ3) is 5.46. The van der Waals surface area contributed by atoms with Gasteiger partial charge in [0.1, 0.15) is 0 Å². The Hall–Kier alpha value is -3.17. The van der Waals surface area contributed by atoms with Crippen LogP contribution in [0.3, 0.4) is 0 Å². The molecule has 0 heterocycles. The minimum Gasteiger partial charge on any atom is -0.493 e. The number of halogens is 1. The van der Waals surface area contributed by atoms with Gasteiger partial charge in [-0.3, -0.25) is 0 Å². The number of esters is 1. The lowest BCUT2D eigenvalue weighted by Gasteiger charge is -2.10. The van der Waals surface area contributed by atoms with Gasteiger partial charge in [-0.2, -0.15) is 13.5 Å². The van der Waals surface area contributed by atoms with Gasteiger partial charge in [0.05, 0.1) is 23.8 Å². The van der Waals surface area contributed by atoms with Crippen molar-refractivity contribution >= 4 is 38.1 Å². The number of methoxy groups -OCH3 is 1. The molecule has 0 aliphatic rings. The van der Waals surface area contributed by atoms with E-state index in [1.165, 1.54) is 25.5 Å². The standard InChI is InChI=1S/C21H17BrN2O5S/c1-28-20-12-15(14-23-24-30(26,27)18-8-3-2-4-9-18)10-11-19(20)29-21(25)16-6-5-7-17(22)13-16/h2-14,24H,1H3/b23-14+. The molecule has 3 rings (SSSR count). The molecule has 7 nitrogen and oxygen atoms in total. The second-order valence-corrected chi connectivity index (χ2v) is 8.55. The molecule has 0 amide bonds. The van der Waals surface area contributed by atoms with Crippen molar-refractivity contribution in [3.8, 4) is 11.5 Å². The summed E-state index contributed by atoms with van der Waals surface area (Å²) in [7, 11) is -2.32. The molecule has 0 aromatic heterocycles. The quantitative estimate of drug-likeness (QED) is 0.235. The van der Waals surface area contributed by atoms with Crippen molar-refractivity contribution < 1.29 is 22.7 Å². The Bertz CT molecular complexity index is 1180. The Morgan fingerprint density at radius 3 is 2.47 bits per heavy atom. The molecule has 3 aromatic carbocycles. The highest BCUT2D eigenvalue weighted by Crippen LogP contribution is 2.28. The summed E-state index contributed by atoms with van der Waals surface area (Å²) in [6, 6.07) is 19.5. The zero-order valence-electron chi connectivity index (χ0n) is 15.8. The Morgan fingerprint density at radius 2 is 1.77 bits per heavy atom. The van der Waals surface area contributed by atoms with Gasteiger partial charge in [0.25, 0.3) is 10.0 Å². The molecule has 0 aliphatic carbocycles. The van der Waals surface area contributed by atoms with Crippen LogP contribution in [0.2, 0.25) is 0 Å². The van der Waals surface area contributed by atoms with E-state index in [0.717, 1.165) is 4.47 Å². The van der Waals surface area contributed by atoms with Crippen molar-refractivity contribution in [2.75, 3.05) is 7.11 Å². The van der Waals surface area contributed by atoms with Crippen molar-refractivity contribution in [3.05, 3.63) is 88.4 Å². The molecule has 0 fully saturated rings. The molecular weight excluding hydrogens is 472 g/mol. The van der Waals surface area contributed by atoms with E-state index in [2.05, 4.69) is 25.9 Å². The van der Waals surface area contributed by atoms with E-state index in [9.17, 15) is 13.2 Å². The summed E-state index contributed by atoms with van der Waals surface area (Å²) in [5, 5.41) is 3.78. The number of carbonyl (C=O) groups excluding carboxylic acids is 1. The third-order valence-electron chi connectivity index (χ3n) is 3.89. The van der Waals surface area contributed by atoms with Gasteiger partial charge in [-0.15, -0.1) is 0 Å². The van der Waals surface area contributed by atoms with Crippen molar-refractivity contribution in [1.82, 2.24) is 4.83 Å². The second kappa shape index (κ2) is 9.55. The van der Waals surface area contributed by atoms with Crippen LogP contribution in [0.15, 0.2) is 87.3 Å². The molecule has 0 aliphatic heterocycles. The van der Waals surface area contributed by atoms with Gasteiger partial charge < -0.3 is 9.47 Å². The van der Waals surface area contributed by atoms with Crippen LogP contribution in [0.4, 0.5) is 0 Å². The average Bonchev–Trinajstić information content (AvgIpc) is 2.75. The topological polar surface area (TPSA) is 94.1 Å². The maximum atomic E-state index is 12.3. The largest absolute Gasteiger partial charge is 0.493 e. The molecule has 3 aromatic rings. The Labute approximate surface area is 182 Å². The van der Waals surface area contributed by atoms with Gasteiger partial charge in [0, 0.05) is 4.47 Å². The zero-order valence-corrected chi connectivity index (χ0v) is 18.2. The predicted molar refractivity (Wildman–Crippen MR) is 116 cm³/mol. The van der Waals surface area contributed by atoms with E-state index in [0.29, 0.717) is 16.9 Å². The Morgan fingerprint density at radius 1 is 1.00 bits per heavy atom. The first-order valence-corrected chi connectivity index (χ1v) is 10.9. The molecule has 0 saturated heterocycles. The molecule has 30 heavy (non-hydrogen) atoms. The fourth-order valence-corrected chi connectivity index (χ4v) is 3.66. The van der Waals surface area contributed by atoms with Gasteiger partial charge in [-0.05, 0) is 54.1 Å². The fourth-order valence-electron chi connectivity index (χ4n) is 2.45. The smallest absolute Gasteiger partial charge is 0.343 e. The number of benzene rings is 3. The third-order valence-corrected chi connectivity index (χ3v) is 5.62. The average molecular weight is 489 g/mol. The summed E-state index contributed by atoms with van der Waals surface area (Å²) in [6.45, 7) is 0. The number of hydrogen-bond acceptors (Lipinski definition) is 6. The van der Waals surface area contributed by atoms with Gasteiger partial charge in [0.15, 0.2) is 11.5 Å². The maximum Gasteiger partial charge on any atom is 0.343 e. The summed E-state index contributed by atoms with van der Waals surface area (Å²) < 4.78 is 35.8. The van der Waals surface area contributed by atoms with Crippen molar-refractivity contribution in [1.29, 1.82) is 0 Å². The normalized spacial score (nSPS) is 11.3. The van der Waals surface area contributed by atoms with E-state index in [4.69, 9.17) is 9.47 Å². The minimum atomic E-state index is -3.76. The summed E-state index contributed by atoms with van der Waals surface area (Å²) in [4.78, 5) is 14.6. The molecule has 0 spiro atoms. The summed E-state index contributed by atoms with van der Waals surface area (Å²) in [5.74, 6) is -0.00987. The zero-order chi connectivity index (χ0) is 21.6. The van der Waals surface area contributed by atoms with E-state index in [1.54, 1.807) is 60.7 Å². The lowest BCUT2D eigenvalue weighted by Crippen LogP contribution is -2.18. The summed E-state index contributed by atoms with van der Waals surface area (Å²) >= 11 is 3.31. The van der Waals surface area contributed by atoms with E-state index in [-0.39, 0.29) is 10.6 Å². The number of hydrazone groups is 1. The number of nitrogens with zero attached hydrogens (tertiary/aromatic N) is 1. The first-order chi connectivity index (χ1) is 14.4. The van der Waals surface area contributed by atoms with Crippen LogP contribution >= 0.6 is 15.9 Å². The molecule has 9 heteroatoms. The fraction of sp³-hybridized carbons (Fsp3) is 0.0476. The number of sulfonamides is 1. The highest BCUT2D eigenvalue weighted by atomic mass is 79.9. The number of hydrogen-bond donors (Lipinski definition) is 1. The number of rotatable bonds is 7. The van der Waals surface area contributed by atoms with Crippen molar-refractivity contribution in [3.63, 3.8) is 0 Å². The first-order valence-electron chi connectivity index (χ1n) is 8.65. The van der Waals surface area contributed by atoms with Crippen LogP contribution in [0.5, 0.6) is 11.5 Å². The van der Waals surface area contributed by atoms with Crippen LogP contribution in [-0.4, -0.2) is 27.7 Å². The van der Waals surface area contributed by atoms with Gasteiger partial charge >= 0.3 is 5.97 Å². The molecule has 0 atom stereocenters. The number of ether oxygens (including phenoxy) is 2. The van der Waals surface area contributed by atoms with E-state index < -0.39 is 16.0 Å². The Balaban J connectivity index is 1.72.